The van der Waals surface area contributed by atoms with Crippen molar-refractivity contribution in [1.82, 2.24) is 0 Å². The second-order valence-corrected chi connectivity index (χ2v) is 5.36. The lowest BCUT2D eigenvalue weighted by Crippen LogP contribution is -2.30. The van der Waals surface area contributed by atoms with E-state index in [9.17, 15) is 24.3 Å². The average Bonchev–Trinajstić information content (AvgIpc) is 2.93. The van der Waals surface area contributed by atoms with Crippen molar-refractivity contribution in [2.45, 2.75) is 12.8 Å². The SMILES string of the molecule is O=C(c1ccccc1)c1ccc(C(=O)O)c(N2C(=O)CCC2=O)c1. The quantitative estimate of drug-likeness (QED) is 0.688. The largest absolute Gasteiger partial charge is 0.478 e. The van der Waals surface area contributed by atoms with Gasteiger partial charge in [-0.15, -0.1) is 0 Å². The summed E-state index contributed by atoms with van der Waals surface area (Å²) in [5, 5.41) is 9.31. The van der Waals surface area contributed by atoms with Crippen molar-refractivity contribution in [3.8, 4) is 0 Å². The molecule has 0 atom stereocenters. The second kappa shape index (κ2) is 6.08. The van der Waals surface area contributed by atoms with E-state index in [0.717, 1.165) is 4.90 Å². The fourth-order valence-corrected chi connectivity index (χ4v) is 2.64. The van der Waals surface area contributed by atoms with Crippen molar-refractivity contribution in [2.75, 3.05) is 4.90 Å². The molecule has 1 aliphatic rings. The van der Waals surface area contributed by atoms with Gasteiger partial charge in [-0.2, -0.15) is 0 Å². The number of nitrogens with zero attached hydrogens (tertiary/aromatic N) is 1. The molecule has 1 aliphatic heterocycles. The van der Waals surface area contributed by atoms with Gasteiger partial charge in [0.15, 0.2) is 5.78 Å². The van der Waals surface area contributed by atoms with Crippen LogP contribution < -0.4 is 4.90 Å². The molecule has 1 N–H and O–H groups in total. The first-order chi connectivity index (χ1) is 11.5. The van der Waals surface area contributed by atoms with Gasteiger partial charge in [0, 0.05) is 24.0 Å². The number of hydrogen-bond donors (Lipinski definition) is 1. The van der Waals surface area contributed by atoms with Gasteiger partial charge in [0.25, 0.3) is 0 Å². The van der Waals surface area contributed by atoms with Gasteiger partial charge in [-0.25, -0.2) is 9.69 Å². The molecule has 1 fully saturated rings. The number of benzene rings is 2. The maximum atomic E-state index is 12.5. The highest BCUT2D eigenvalue weighted by atomic mass is 16.4. The molecular weight excluding hydrogens is 310 g/mol. The van der Waals surface area contributed by atoms with Gasteiger partial charge < -0.3 is 5.11 Å². The summed E-state index contributed by atoms with van der Waals surface area (Å²) in [5.41, 5.74) is 0.402. The summed E-state index contributed by atoms with van der Waals surface area (Å²) < 4.78 is 0. The second-order valence-electron chi connectivity index (χ2n) is 5.36. The van der Waals surface area contributed by atoms with Gasteiger partial charge in [-0.05, 0) is 12.1 Å². The third-order valence-corrected chi connectivity index (χ3v) is 3.82. The van der Waals surface area contributed by atoms with Crippen LogP contribution in [0, 0.1) is 0 Å². The first-order valence-corrected chi connectivity index (χ1v) is 7.32. The predicted octanol–water partition coefficient (Wildman–Crippen LogP) is 2.27. The predicted molar refractivity (Wildman–Crippen MR) is 85.0 cm³/mol. The molecule has 2 amide bonds. The normalized spacial score (nSPS) is 14.1. The lowest BCUT2D eigenvalue weighted by atomic mass is 10.00. The van der Waals surface area contributed by atoms with Gasteiger partial charge in [-0.1, -0.05) is 36.4 Å². The third-order valence-electron chi connectivity index (χ3n) is 3.82. The van der Waals surface area contributed by atoms with Crippen LogP contribution in [0.2, 0.25) is 0 Å². The van der Waals surface area contributed by atoms with Crippen molar-refractivity contribution < 1.29 is 24.3 Å². The molecule has 0 unspecified atom stereocenters. The Morgan fingerprint density at radius 1 is 0.875 bits per heavy atom. The van der Waals surface area contributed by atoms with Crippen molar-refractivity contribution in [1.29, 1.82) is 0 Å². The van der Waals surface area contributed by atoms with Gasteiger partial charge >= 0.3 is 5.97 Å². The lowest BCUT2D eigenvalue weighted by molar-refractivity contribution is -0.121. The number of anilines is 1. The molecular formula is C18H13NO5. The Morgan fingerprint density at radius 3 is 2.08 bits per heavy atom. The fourth-order valence-electron chi connectivity index (χ4n) is 2.64. The molecule has 2 aromatic rings. The van der Waals surface area contributed by atoms with Crippen molar-refractivity contribution in [3.05, 3.63) is 65.2 Å². The van der Waals surface area contributed by atoms with E-state index < -0.39 is 17.8 Å². The summed E-state index contributed by atoms with van der Waals surface area (Å²) >= 11 is 0. The Kier molecular flexibility index (Phi) is 3.95. The maximum absolute atomic E-state index is 12.5. The summed E-state index contributed by atoms with van der Waals surface area (Å²) in [7, 11) is 0. The van der Waals surface area contributed by atoms with Crippen molar-refractivity contribution >= 4 is 29.3 Å². The van der Waals surface area contributed by atoms with E-state index in [1.165, 1.54) is 18.2 Å². The molecule has 0 spiro atoms. The molecule has 6 heteroatoms. The van der Waals surface area contributed by atoms with E-state index in [-0.39, 0.29) is 35.4 Å². The van der Waals surface area contributed by atoms with Crippen LogP contribution in [0.3, 0.4) is 0 Å². The zero-order valence-electron chi connectivity index (χ0n) is 12.6. The number of rotatable bonds is 4. The van der Waals surface area contributed by atoms with Crippen LogP contribution in [0.5, 0.6) is 0 Å². The molecule has 1 saturated heterocycles. The highest BCUT2D eigenvalue weighted by molar-refractivity contribution is 6.22. The van der Waals surface area contributed by atoms with Crippen LogP contribution in [0.1, 0.15) is 39.1 Å². The Labute approximate surface area is 137 Å². The zero-order valence-corrected chi connectivity index (χ0v) is 12.6. The number of imide groups is 1. The summed E-state index contributed by atoms with van der Waals surface area (Å²) in [4.78, 5) is 48.7. The van der Waals surface area contributed by atoms with E-state index >= 15 is 0 Å². The lowest BCUT2D eigenvalue weighted by Gasteiger charge is -2.17. The number of amides is 2. The summed E-state index contributed by atoms with van der Waals surface area (Å²) in [6.45, 7) is 0. The van der Waals surface area contributed by atoms with Crippen molar-refractivity contribution in [2.24, 2.45) is 0 Å². The Morgan fingerprint density at radius 2 is 1.50 bits per heavy atom. The number of ketones is 1. The van der Waals surface area contributed by atoms with Crippen LogP contribution in [0.15, 0.2) is 48.5 Å². The van der Waals surface area contributed by atoms with Gasteiger partial charge in [-0.3, -0.25) is 14.4 Å². The molecule has 6 nitrogen and oxygen atoms in total. The molecule has 120 valence electrons. The third kappa shape index (κ3) is 2.69. The van der Waals surface area contributed by atoms with E-state index in [1.807, 2.05) is 0 Å². The first kappa shape index (κ1) is 15.6. The van der Waals surface area contributed by atoms with Crippen LogP contribution in [0.25, 0.3) is 0 Å². The number of hydrogen-bond acceptors (Lipinski definition) is 4. The summed E-state index contributed by atoms with van der Waals surface area (Å²) in [5.74, 6) is -2.51. The molecule has 0 aromatic heterocycles. The topological polar surface area (TPSA) is 91.8 Å². The van der Waals surface area contributed by atoms with E-state index in [4.69, 9.17) is 0 Å². The standard InChI is InChI=1S/C18H13NO5/c20-15-8-9-16(21)19(15)14-10-12(6-7-13(14)18(23)24)17(22)11-4-2-1-3-5-11/h1-7,10H,8-9H2,(H,23,24). The van der Waals surface area contributed by atoms with Crippen LogP contribution >= 0.6 is 0 Å². The molecule has 2 aromatic carbocycles. The van der Waals surface area contributed by atoms with Gasteiger partial charge in [0.1, 0.15) is 0 Å². The Balaban J connectivity index is 2.10. The molecule has 1 heterocycles. The van der Waals surface area contributed by atoms with Crippen LogP contribution in [-0.4, -0.2) is 28.7 Å². The molecule has 0 radical (unpaired) electrons. The number of carbonyl (C=O) groups is 4. The van der Waals surface area contributed by atoms with E-state index in [0.29, 0.717) is 5.56 Å². The average molecular weight is 323 g/mol. The Hall–Kier alpha value is -3.28. The fraction of sp³-hybridized carbons (Fsp3) is 0.111. The highest BCUT2D eigenvalue weighted by Gasteiger charge is 2.33. The number of carboxylic acid groups (broad SMARTS) is 1. The molecule has 0 saturated carbocycles. The Bertz CT molecular complexity index is 841. The minimum atomic E-state index is -1.27. The summed E-state index contributed by atoms with van der Waals surface area (Å²) in [6.07, 6.45) is 0.0729. The highest BCUT2D eigenvalue weighted by Crippen LogP contribution is 2.28. The zero-order chi connectivity index (χ0) is 17.3. The molecule has 0 aliphatic carbocycles. The number of carbonyl (C=O) groups excluding carboxylic acids is 3. The van der Waals surface area contributed by atoms with Crippen LogP contribution in [0.4, 0.5) is 5.69 Å². The minimum Gasteiger partial charge on any atom is -0.478 e. The van der Waals surface area contributed by atoms with Gasteiger partial charge in [0.05, 0.1) is 11.3 Å². The minimum absolute atomic E-state index is 0.0365. The van der Waals surface area contributed by atoms with Crippen molar-refractivity contribution in [3.63, 3.8) is 0 Å². The monoisotopic (exact) mass is 323 g/mol. The molecule has 24 heavy (non-hydrogen) atoms. The smallest absolute Gasteiger partial charge is 0.337 e. The maximum Gasteiger partial charge on any atom is 0.337 e. The van der Waals surface area contributed by atoms with E-state index in [2.05, 4.69) is 0 Å². The first-order valence-electron chi connectivity index (χ1n) is 7.32. The van der Waals surface area contributed by atoms with Crippen LogP contribution in [-0.2, 0) is 9.59 Å². The number of carboxylic acids is 1. The van der Waals surface area contributed by atoms with Gasteiger partial charge in [0.2, 0.25) is 11.8 Å². The molecule has 0 bridgehead atoms. The molecule has 3 rings (SSSR count). The number of aromatic carboxylic acids is 1. The summed E-state index contributed by atoms with van der Waals surface area (Å²) in [6, 6.07) is 12.4. The van der Waals surface area contributed by atoms with E-state index in [1.54, 1.807) is 30.3 Å².